The Kier molecular flexibility index (Phi) is 7.83. The lowest BCUT2D eigenvalue weighted by molar-refractivity contribution is -0.0667. The molecule has 0 aliphatic carbocycles. The number of hydrogen-bond donors (Lipinski definition) is 1. The molecule has 1 aliphatic heterocycles. The molecule has 0 bridgehead atoms. The number of hydrogen-bond acceptors (Lipinski definition) is 2. The van der Waals surface area contributed by atoms with E-state index in [2.05, 4.69) is 42.9 Å². The number of para-hydroxylation sites is 1. The summed E-state index contributed by atoms with van der Waals surface area (Å²) < 4.78 is 5.71. The maximum atomic E-state index is 5.71. The van der Waals surface area contributed by atoms with E-state index in [1.165, 1.54) is 0 Å². The molecule has 2 rings (SSSR count). The number of guanidine groups is 1. The van der Waals surface area contributed by atoms with Crippen molar-refractivity contribution >= 4 is 29.9 Å². The zero-order chi connectivity index (χ0) is 16.9. The standard InChI is InChI=1S/C19H31N3O.HI/c1-18(2)15-22(19(18,3)4)17(20-5)21-13-9-10-14-23-16-11-7-6-8-12-16;/h6-8,11-12H,9-10,13-15H2,1-5H3,(H,20,21);1H. The van der Waals surface area contributed by atoms with Crippen LogP contribution in [0, 0.1) is 5.41 Å². The minimum Gasteiger partial charge on any atom is -0.494 e. The number of likely N-dealkylation sites (tertiary alicyclic amines) is 1. The van der Waals surface area contributed by atoms with Crippen molar-refractivity contribution < 1.29 is 4.74 Å². The molecule has 136 valence electrons. The lowest BCUT2D eigenvalue weighted by Crippen LogP contribution is -2.72. The summed E-state index contributed by atoms with van der Waals surface area (Å²) in [5.41, 5.74) is 0.472. The molecule has 1 N–H and O–H groups in total. The Morgan fingerprint density at radius 1 is 1.17 bits per heavy atom. The first-order chi connectivity index (χ1) is 10.9. The third-order valence-electron chi connectivity index (χ3n) is 5.22. The first-order valence-electron chi connectivity index (χ1n) is 8.54. The van der Waals surface area contributed by atoms with E-state index in [1.807, 2.05) is 37.4 Å². The monoisotopic (exact) mass is 445 g/mol. The molecule has 0 atom stereocenters. The van der Waals surface area contributed by atoms with Crippen molar-refractivity contribution in [3.8, 4) is 5.75 Å². The van der Waals surface area contributed by atoms with Crippen LogP contribution in [0.25, 0.3) is 0 Å². The van der Waals surface area contributed by atoms with Gasteiger partial charge in [-0.05, 0) is 38.8 Å². The van der Waals surface area contributed by atoms with Crippen LogP contribution in [0.2, 0.25) is 0 Å². The van der Waals surface area contributed by atoms with Gasteiger partial charge in [-0.2, -0.15) is 0 Å². The molecule has 1 aliphatic rings. The van der Waals surface area contributed by atoms with Crippen LogP contribution >= 0.6 is 24.0 Å². The molecule has 0 amide bonds. The largest absolute Gasteiger partial charge is 0.494 e. The summed E-state index contributed by atoms with van der Waals surface area (Å²) in [5, 5.41) is 3.48. The van der Waals surface area contributed by atoms with Gasteiger partial charge in [-0.25, -0.2) is 0 Å². The molecule has 1 aromatic carbocycles. The Morgan fingerprint density at radius 2 is 1.83 bits per heavy atom. The second-order valence-electron chi connectivity index (χ2n) is 7.37. The van der Waals surface area contributed by atoms with Crippen LogP contribution in [0.3, 0.4) is 0 Å². The van der Waals surface area contributed by atoms with Crippen molar-refractivity contribution in [3.63, 3.8) is 0 Å². The van der Waals surface area contributed by atoms with Crippen LogP contribution in [-0.2, 0) is 0 Å². The van der Waals surface area contributed by atoms with Crippen molar-refractivity contribution in [1.29, 1.82) is 0 Å². The van der Waals surface area contributed by atoms with Crippen molar-refractivity contribution in [3.05, 3.63) is 30.3 Å². The van der Waals surface area contributed by atoms with Gasteiger partial charge in [-0.15, -0.1) is 24.0 Å². The molecule has 4 nitrogen and oxygen atoms in total. The highest BCUT2D eigenvalue weighted by molar-refractivity contribution is 14.0. The van der Waals surface area contributed by atoms with Gasteiger partial charge in [-0.3, -0.25) is 4.99 Å². The van der Waals surface area contributed by atoms with Crippen LogP contribution in [0.1, 0.15) is 40.5 Å². The van der Waals surface area contributed by atoms with E-state index in [0.29, 0.717) is 5.41 Å². The van der Waals surface area contributed by atoms with E-state index < -0.39 is 0 Å². The fourth-order valence-electron chi connectivity index (χ4n) is 2.83. The van der Waals surface area contributed by atoms with Crippen LogP contribution in [0.4, 0.5) is 0 Å². The number of aliphatic imine (C=N–C) groups is 1. The molecule has 0 saturated carbocycles. The summed E-state index contributed by atoms with van der Waals surface area (Å²) in [7, 11) is 1.86. The second kappa shape index (κ2) is 8.92. The molecular formula is C19H32IN3O. The first-order valence-corrected chi connectivity index (χ1v) is 8.54. The summed E-state index contributed by atoms with van der Waals surface area (Å²) in [6, 6.07) is 9.98. The second-order valence-corrected chi connectivity index (χ2v) is 7.37. The fourth-order valence-corrected chi connectivity index (χ4v) is 2.83. The number of halogens is 1. The third-order valence-corrected chi connectivity index (χ3v) is 5.22. The number of rotatable bonds is 6. The van der Waals surface area contributed by atoms with Gasteiger partial charge < -0.3 is 15.0 Å². The van der Waals surface area contributed by atoms with Crippen LogP contribution in [-0.4, -0.2) is 43.1 Å². The van der Waals surface area contributed by atoms with Gasteiger partial charge in [0, 0.05) is 31.1 Å². The lowest BCUT2D eigenvalue weighted by Gasteiger charge is -2.62. The predicted molar refractivity (Wildman–Crippen MR) is 113 cm³/mol. The molecule has 0 radical (unpaired) electrons. The summed E-state index contributed by atoms with van der Waals surface area (Å²) in [5.74, 6) is 1.96. The highest BCUT2D eigenvalue weighted by atomic mass is 127. The normalized spacial score (nSPS) is 18.4. The number of nitrogens with one attached hydrogen (secondary N) is 1. The van der Waals surface area contributed by atoms with Gasteiger partial charge in [0.25, 0.3) is 0 Å². The number of benzene rings is 1. The average molecular weight is 445 g/mol. The minimum absolute atomic E-state index is 0. The van der Waals surface area contributed by atoms with E-state index in [-0.39, 0.29) is 29.5 Å². The highest BCUT2D eigenvalue weighted by Gasteiger charge is 2.53. The van der Waals surface area contributed by atoms with Crippen LogP contribution in [0.5, 0.6) is 5.75 Å². The van der Waals surface area contributed by atoms with Gasteiger partial charge >= 0.3 is 0 Å². The summed E-state index contributed by atoms with van der Waals surface area (Å²) >= 11 is 0. The van der Waals surface area contributed by atoms with Gasteiger partial charge in [0.1, 0.15) is 5.75 Å². The third kappa shape index (κ3) is 4.77. The molecule has 1 saturated heterocycles. The Bertz CT molecular complexity index is 529. The summed E-state index contributed by atoms with van der Waals surface area (Å²) in [4.78, 5) is 6.81. The van der Waals surface area contributed by atoms with Crippen LogP contribution in [0.15, 0.2) is 35.3 Å². The molecule has 1 heterocycles. The van der Waals surface area contributed by atoms with Crippen molar-refractivity contribution in [2.24, 2.45) is 10.4 Å². The zero-order valence-corrected chi connectivity index (χ0v) is 18.0. The zero-order valence-electron chi connectivity index (χ0n) is 15.6. The predicted octanol–water partition coefficient (Wildman–Crippen LogP) is 4.16. The van der Waals surface area contributed by atoms with E-state index in [9.17, 15) is 0 Å². The summed E-state index contributed by atoms with van der Waals surface area (Å²) in [6.07, 6.45) is 2.11. The van der Waals surface area contributed by atoms with Crippen LogP contribution < -0.4 is 10.1 Å². The van der Waals surface area contributed by atoms with E-state index in [1.54, 1.807) is 0 Å². The molecule has 0 aromatic heterocycles. The van der Waals surface area contributed by atoms with Crippen molar-refractivity contribution in [2.45, 2.75) is 46.1 Å². The molecular weight excluding hydrogens is 413 g/mol. The number of ether oxygens (including phenoxy) is 1. The average Bonchev–Trinajstić information content (AvgIpc) is 2.53. The molecule has 24 heavy (non-hydrogen) atoms. The Morgan fingerprint density at radius 3 is 2.38 bits per heavy atom. The number of unbranched alkanes of at least 4 members (excludes halogenated alkanes) is 1. The Labute approximate surface area is 164 Å². The van der Waals surface area contributed by atoms with Gasteiger partial charge in [-0.1, -0.05) is 32.0 Å². The fraction of sp³-hybridized carbons (Fsp3) is 0.632. The van der Waals surface area contributed by atoms with E-state index >= 15 is 0 Å². The molecule has 1 aromatic rings. The highest BCUT2D eigenvalue weighted by Crippen LogP contribution is 2.46. The maximum absolute atomic E-state index is 5.71. The van der Waals surface area contributed by atoms with Crippen molar-refractivity contribution in [1.82, 2.24) is 10.2 Å². The number of nitrogens with zero attached hydrogens (tertiary/aromatic N) is 2. The topological polar surface area (TPSA) is 36.9 Å². The smallest absolute Gasteiger partial charge is 0.194 e. The molecule has 0 spiro atoms. The van der Waals surface area contributed by atoms with Gasteiger partial charge in [0.15, 0.2) is 5.96 Å². The molecule has 5 heteroatoms. The Hall–Kier alpha value is -0.980. The molecule has 1 fully saturated rings. The van der Waals surface area contributed by atoms with E-state index in [0.717, 1.165) is 44.2 Å². The molecule has 0 unspecified atom stereocenters. The first kappa shape index (κ1) is 21.1. The maximum Gasteiger partial charge on any atom is 0.194 e. The van der Waals surface area contributed by atoms with E-state index in [4.69, 9.17) is 4.74 Å². The van der Waals surface area contributed by atoms with Gasteiger partial charge in [0.05, 0.1) is 6.61 Å². The van der Waals surface area contributed by atoms with Crippen molar-refractivity contribution in [2.75, 3.05) is 26.7 Å². The Balaban J connectivity index is 0.00000288. The quantitative estimate of drug-likeness (QED) is 0.309. The SMILES string of the molecule is CN=C(NCCCCOc1ccccc1)N1CC(C)(C)C1(C)C.I. The lowest BCUT2D eigenvalue weighted by atomic mass is 9.65. The summed E-state index contributed by atoms with van der Waals surface area (Å²) in [6.45, 7) is 11.9. The minimum atomic E-state index is 0. The van der Waals surface area contributed by atoms with Gasteiger partial charge in [0.2, 0.25) is 0 Å².